The zero-order valence-corrected chi connectivity index (χ0v) is 31.1. The van der Waals surface area contributed by atoms with Gasteiger partial charge in [-0.05, 0) is 73.7 Å². The molecule has 3 aromatic carbocycles. The lowest BCUT2D eigenvalue weighted by Gasteiger charge is -2.10. The number of benzene rings is 3. The van der Waals surface area contributed by atoms with Crippen molar-refractivity contribution in [1.29, 1.82) is 0 Å². The van der Waals surface area contributed by atoms with Crippen LogP contribution in [0.15, 0.2) is 164 Å². The molecule has 0 fully saturated rings. The summed E-state index contributed by atoms with van der Waals surface area (Å²) in [4.78, 5) is 18.9. The van der Waals surface area contributed by atoms with Gasteiger partial charge in [0.2, 0.25) is 0 Å². The van der Waals surface area contributed by atoms with Crippen LogP contribution in [0.25, 0.3) is 89.6 Å². The first kappa shape index (κ1) is 33.2. The van der Waals surface area contributed by atoms with Gasteiger partial charge in [0.15, 0.2) is 0 Å². The van der Waals surface area contributed by atoms with Gasteiger partial charge < -0.3 is 0 Å². The van der Waals surface area contributed by atoms with Gasteiger partial charge >= 0.3 is 0 Å². The average molecular weight is 741 g/mol. The molecule has 0 N–H and O–H groups in total. The molecule has 10 aromatic rings. The molecule has 0 aliphatic carbocycles. The van der Waals surface area contributed by atoms with Gasteiger partial charge in [-0.2, -0.15) is 0 Å². The lowest BCUT2D eigenvalue weighted by Crippen LogP contribution is -2.30. The first-order valence-corrected chi connectivity index (χ1v) is 19.1. The lowest BCUT2D eigenvalue weighted by atomic mass is 10.1. The predicted octanol–water partition coefficient (Wildman–Crippen LogP) is 9.35. The van der Waals surface area contributed by atoms with Crippen LogP contribution in [0.3, 0.4) is 0 Å². The van der Waals surface area contributed by atoms with Gasteiger partial charge in [-0.3, -0.25) is 19.1 Å². The minimum Gasteiger partial charge on any atom is -0.294 e. The van der Waals surface area contributed by atoms with Crippen molar-refractivity contribution < 1.29 is 0 Å². The van der Waals surface area contributed by atoms with Crippen LogP contribution in [0.1, 0.15) is 11.9 Å². The molecule has 56 heavy (non-hydrogen) atoms. The number of nitrogens with zero attached hydrogens (tertiary/aromatic N) is 8. The van der Waals surface area contributed by atoms with Crippen molar-refractivity contribution in [2.45, 2.75) is 6.92 Å². The second-order valence-corrected chi connectivity index (χ2v) is 14.3. The summed E-state index contributed by atoms with van der Waals surface area (Å²) in [6, 6.07) is 43.4. The minimum absolute atomic E-state index is 0.777. The van der Waals surface area contributed by atoms with Gasteiger partial charge in [0.05, 0.1) is 33.3 Å². The Morgan fingerprint density at radius 2 is 1.21 bits per heavy atom. The topological polar surface area (TPSA) is 87.2 Å². The van der Waals surface area contributed by atoms with E-state index in [1.807, 2.05) is 92.1 Å². The molecular weight excluding hydrogens is 709 g/mol. The van der Waals surface area contributed by atoms with Crippen molar-refractivity contribution in [1.82, 2.24) is 39.3 Å². The minimum atomic E-state index is 0.777. The number of para-hydroxylation sites is 2. The number of allylic oxidation sites excluding steroid dienone is 2. The SMILES string of the molecule is C=c1/c(=C(\C=C/C)c2nnc(-c3ccc4c5ccccc5n(-c5cccc(-c6cccnc6)n5)c4c3)s2)n(-c2cccc(-c3cccnc3)n2)c2ccccc12. The third-order valence-corrected chi connectivity index (χ3v) is 11.0. The largest absolute Gasteiger partial charge is 0.294 e. The Labute approximate surface area is 325 Å². The molecule has 0 aliphatic heterocycles. The fourth-order valence-corrected chi connectivity index (χ4v) is 8.36. The Bertz CT molecular complexity index is 3230. The van der Waals surface area contributed by atoms with E-state index in [2.05, 4.69) is 92.4 Å². The number of rotatable bonds is 7. The van der Waals surface area contributed by atoms with Gasteiger partial charge in [0, 0.05) is 68.4 Å². The summed E-state index contributed by atoms with van der Waals surface area (Å²) >= 11 is 1.56. The summed E-state index contributed by atoms with van der Waals surface area (Å²) < 4.78 is 4.42. The van der Waals surface area contributed by atoms with Crippen LogP contribution in [0.4, 0.5) is 0 Å². The second-order valence-electron chi connectivity index (χ2n) is 13.3. The second kappa shape index (κ2) is 13.8. The van der Waals surface area contributed by atoms with E-state index in [4.69, 9.17) is 20.2 Å². The summed E-state index contributed by atoms with van der Waals surface area (Å²) in [5.74, 6) is 1.60. The van der Waals surface area contributed by atoms with Gasteiger partial charge in [-0.25, -0.2) is 9.97 Å². The maximum absolute atomic E-state index is 5.14. The van der Waals surface area contributed by atoms with E-state index in [0.29, 0.717) is 0 Å². The van der Waals surface area contributed by atoms with Crippen molar-refractivity contribution in [3.8, 4) is 44.7 Å². The highest BCUT2D eigenvalue weighted by Gasteiger charge is 2.19. The first-order chi connectivity index (χ1) is 27.7. The van der Waals surface area contributed by atoms with E-state index in [1.54, 1.807) is 23.7 Å². The van der Waals surface area contributed by atoms with Gasteiger partial charge in [0.25, 0.3) is 0 Å². The average Bonchev–Trinajstić information content (AvgIpc) is 3.96. The van der Waals surface area contributed by atoms with Crippen LogP contribution < -0.4 is 10.6 Å². The van der Waals surface area contributed by atoms with Crippen LogP contribution in [-0.4, -0.2) is 39.3 Å². The quantitative estimate of drug-likeness (QED) is 0.162. The van der Waals surface area contributed by atoms with E-state index in [1.165, 1.54) is 0 Å². The number of aromatic nitrogens is 8. The molecule has 0 aliphatic rings. The highest BCUT2D eigenvalue weighted by atomic mass is 32.1. The molecule has 8 nitrogen and oxygen atoms in total. The van der Waals surface area contributed by atoms with Crippen molar-refractivity contribution >= 4 is 56.2 Å². The molecule has 0 saturated carbocycles. The predicted molar refractivity (Wildman–Crippen MR) is 227 cm³/mol. The molecule has 0 bridgehead atoms. The number of hydrogen-bond acceptors (Lipinski definition) is 7. The third kappa shape index (κ3) is 5.61. The molecule has 0 atom stereocenters. The maximum Gasteiger partial charge on any atom is 0.150 e. The Kier molecular flexibility index (Phi) is 8.19. The molecule has 0 radical (unpaired) electrons. The normalized spacial score (nSPS) is 12.3. The standard InChI is InChI=1S/C47H32N8S/c1-3-12-37(45-30(2)34-15-4-6-19-40(34)55(45)44-22-9-18-39(51-44)33-14-11-26-49-29-33)47-53-52-46(56-47)31-23-24-36-35-16-5-7-20-41(35)54(42(36)27-31)43-21-8-17-38(50-43)32-13-10-25-48-28-32/h3-29H,2H2,1H3/b12-3-,45-37-. The molecule has 0 spiro atoms. The molecule has 0 unspecified atom stereocenters. The van der Waals surface area contributed by atoms with Crippen molar-refractivity contribution in [2.24, 2.45) is 0 Å². The Balaban J connectivity index is 1.15. The smallest absolute Gasteiger partial charge is 0.150 e. The van der Waals surface area contributed by atoms with Gasteiger partial charge in [-0.15, -0.1) is 10.2 Å². The molecule has 0 amide bonds. The summed E-state index contributed by atoms with van der Waals surface area (Å²) in [7, 11) is 0. The number of fused-ring (bicyclic) bond motifs is 4. The lowest BCUT2D eigenvalue weighted by molar-refractivity contribution is 0.996. The Hall–Kier alpha value is -7.36. The van der Waals surface area contributed by atoms with Crippen molar-refractivity contribution in [3.05, 3.63) is 180 Å². The van der Waals surface area contributed by atoms with Crippen LogP contribution in [0.2, 0.25) is 0 Å². The Morgan fingerprint density at radius 1 is 0.589 bits per heavy atom. The molecule has 7 heterocycles. The number of hydrogen-bond donors (Lipinski definition) is 0. The summed E-state index contributed by atoms with van der Waals surface area (Å²) in [5, 5.41) is 16.4. The zero-order valence-electron chi connectivity index (χ0n) is 30.3. The first-order valence-electron chi connectivity index (χ1n) is 18.2. The van der Waals surface area contributed by atoms with Crippen LogP contribution in [0, 0.1) is 0 Å². The highest BCUT2D eigenvalue weighted by molar-refractivity contribution is 7.15. The van der Waals surface area contributed by atoms with Crippen LogP contribution in [0.5, 0.6) is 0 Å². The highest BCUT2D eigenvalue weighted by Crippen LogP contribution is 2.36. The Morgan fingerprint density at radius 3 is 1.88 bits per heavy atom. The fourth-order valence-electron chi connectivity index (χ4n) is 7.49. The van der Waals surface area contributed by atoms with Crippen molar-refractivity contribution in [3.63, 3.8) is 0 Å². The fraction of sp³-hybridized carbons (Fsp3) is 0.0213. The molecule has 266 valence electrons. The van der Waals surface area contributed by atoms with E-state index >= 15 is 0 Å². The van der Waals surface area contributed by atoms with Crippen molar-refractivity contribution in [2.75, 3.05) is 0 Å². The molecular formula is C47H32N8S. The summed E-state index contributed by atoms with van der Waals surface area (Å²) in [6.45, 7) is 6.64. The van der Waals surface area contributed by atoms with E-state index in [0.717, 1.165) is 98.6 Å². The molecule has 7 aromatic heterocycles. The summed E-state index contributed by atoms with van der Waals surface area (Å²) in [5.41, 5.74) is 8.61. The van der Waals surface area contributed by atoms with Crippen LogP contribution >= 0.6 is 11.3 Å². The monoisotopic (exact) mass is 740 g/mol. The molecule has 9 heteroatoms. The summed E-state index contributed by atoms with van der Waals surface area (Å²) in [6.07, 6.45) is 11.4. The maximum atomic E-state index is 5.14. The van der Waals surface area contributed by atoms with Gasteiger partial charge in [0.1, 0.15) is 21.7 Å². The zero-order chi connectivity index (χ0) is 37.6. The van der Waals surface area contributed by atoms with Crippen LogP contribution in [-0.2, 0) is 0 Å². The number of pyridine rings is 4. The van der Waals surface area contributed by atoms with E-state index in [9.17, 15) is 0 Å². The molecule has 10 rings (SSSR count). The van der Waals surface area contributed by atoms with E-state index in [-0.39, 0.29) is 0 Å². The molecule has 0 saturated heterocycles. The third-order valence-electron chi connectivity index (χ3n) is 9.99. The van der Waals surface area contributed by atoms with E-state index < -0.39 is 0 Å². The van der Waals surface area contributed by atoms with Gasteiger partial charge in [-0.1, -0.05) is 90.7 Å².